The number of aliphatic hydroxyl groups is 4. The van der Waals surface area contributed by atoms with E-state index in [4.69, 9.17) is 37.9 Å². The van der Waals surface area contributed by atoms with Crippen molar-refractivity contribution in [3.63, 3.8) is 0 Å². The molecule has 1 unspecified atom stereocenters. The number of esters is 1. The summed E-state index contributed by atoms with van der Waals surface area (Å²) in [6.45, 7) is 16.4. The van der Waals surface area contributed by atoms with Crippen molar-refractivity contribution in [3.8, 4) is 5.69 Å². The van der Waals surface area contributed by atoms with Crippen LogP contribution in [0, 0.1) is 11.8 Å². The number of halogens is 2. The fourth-order valence-electron chi connectivity index (χ4n) is 11.7. The molecule has 3 fully saturated rings. The molecule has 1 aromatic carbocycles. The number of hydrogen-bond donors (Lipinski definition) is 4. The van der Waals surface area contributed by atoms with Crippen LogP contribution in [0.4, 0.5) is 4.39 Å². The van der Waals surface area contributed by atoms with E-state index in [-0.39, 0.29) is 43.0 Å². The van der Waals surface area contributed by atoms with Crippen molar-refractivity contribution in [1.29, 1.82) is 0 Å². The molecule has 23 heteroatoms. The number of rotatable bonds is 6. The zero-order chi connectivity index (χ0) is 55.6. The number of ether oxygens (including phenoxy) is 8. The number of hydrogen-bond acceptors (Lipinski definition) is 19. The Morgan fingerprint density at radius 1 is 0.908 bits per heavy atom. The van der Waals surface area contributed by atoms with Crippen LogP contribution in [0.15, 0.2) is 36.7 Å². The second-order valence-electron chi connectivity index (χ2n) is 22.6. The van der Waals surface area contributed by atoms with E-state index >= 15 is 0 Å². The SMILES string of the molecule is CC[C@H]1OC(=O)[C@H](C)[C@@H](O[C@H]2C[C@@](C)(OC)[C@@H](O)[C@H](C)O2)[C@H](I)[C@H]2O[C@H]3C[C@H](C[C@@H](C)O3)N(C)CCc3cn(nn3)[C@H](CF)[C@H](OC)c3ccc(cc3)-n3cc(nn3)C(O)O[C@]2(C)C[C@@H](C)CN(C)[C@H](C)[C@@H](O)[C@]1(C)O. The van der Waals surface area contributed by atoms with Gasteiger partial charge in [-0.25, -0.2) is 13.8 Å². The minimum atomic E-state index is -1.87. The van der Waals surface area contributed by atoms with Gasteiger partial charge in [0, 0.05) is 64.9 Å². The van der Waals surface area contributed by atoms with Crippen molar-refractivity contribution in [2.75, 3.05) is 48.1 Å². The van der Waals surface area contributed by atoms with E-state index in [1.165, 1.54) is 30.5 Å². The molecule has 5 aliphatic heterocycles. The van der Waals surface area contributed by atoms with Crippen molar-refractivity contribution in [2.24, 2.45) is 11.8 Å². The van der Waals surface area contributed by atoms with Gasteiger partial charge in [0.2, 0.25) is 6.29 Å². The Balaban J connectivity index is 1.37. The van der Waals surface area contributed by atoms with Gasteiger partial charge in [0.25, 0.3) is 0 Å². The van der Waals surface area contributed by atoms with Gasteiger partial charge in [0.15, 0.2) is 12.6 Å². The van der Waals surface area contributed by atoms with Crippen LogP contribution in [0.2, 0.25) is 0 Å². The number of methoxy groups -OCH3 is 2. The van der Waals surface area contributed by atoms with Crippen molar-refractivity contribution >= 4 is 28.6 Å². The first-order valence-electron chi connectivity index (χ1n) is 26.7. The number of aliphatic hydroxyl groups excluding tert-OH is 3. The first-order valence-corrected chi connectivity index (χ1v) is 28.0. The Bertz CT molecular complexity index is 2340. The number of fused-ring (bicyclic) bond motifs is 6. The van der Waals surface area contributed by atoms with Crippen LogP contribution in [0.1, 0.15) is 130 Å². The van der Waals surface area contributed by atoms with Crippen molar-refractivity contribution in [1.82, 2.24) is 39.8 Å². The van der Waals surface area contributed by atoms with Crippen molar-refractivity contribution in [3.05, 3.63) is 53.6 Å². The molecule has 20 atom stereocenters. The Labute approximate surface area is 460 Å². The lowest BCUT2D eigenvalue weighted by Crippen LogP contribution is -2.60. The van der Waals surface area contributed by atoms with Crippen LogP contribution >= 0.6 is 22.6 Å². The molecular weight excluding hydrogens is 1100 g/mol. The largest absolute Gasteiger partial charge is 0.459 e. The molecule has 3 saturated heterocycles. The molecule has 5 aliphatic rings. The quantitative estimate of drug-likeness (QED) is 0.147. The number of benzene rings is 1. The van der Waals surface area contributed by atoms with Crippen LogP contribution in [0.25, 0.3) is 5.69 Å². The molecule has 7 heterocycles. The van der Waals surface area contributed by atoms with Gasteiger partial charge in [-0.3, -0.25) is 4.79 Å². The van der Waals surface area contributed by atoms with E-state index in [9.17, 15) is 29.6 Å². The number of carbonyl (C=O) groups is 1. The van der Waals surface area contributed by atoms with Gasteiger partial charge in [-0.05, 0) is 105 Å². The Morgan fingerprint density at radius 2 is 1.62 bits per heavy atom. The fraction of sp³-hybridized carbons (Fsp3) is 0.792. The monoisotopic (exact) mass is 1190 g/mol. The maximum atomic E-state index is 15.0. The Morgan fingerprint density at radius 3 is 2.28 bits per heavy atom. The minimum Gasteiger partial charge on any atom is -0.459 e. The summed E-state index contributed by atoms with van der Waals surface area (Å²) in [5.74, 6) is -2.04. The maximum absolute atomic E-state index is 15.0. The van der Waals surface area contributed by atoms with Gasteiger partial charge < -0.3 is 68.1 Å². The summed E-state index contributed by atoms with van der Waals surface area (Å²) in [7, 11) is 6.94. The van der Waals surface area contributed by atoms with Gasteiger partial charge in [0.1, 0.15) is 54.5 Å². The Kier molecular flexibility index (Phi) is 20.2. The summed E-state index contributed by atoms with van der Waals surface area (Å²) in [6.07, 6.45) is -5.44. The molecule has 8 rings (SSSR count). The fourth-order valence-corrected chi connectivity index (χ4v) is 13.5. The zero-order valence-corrected chi connectivity index (χ0v) is 48.6. The first-order chi connectivity index (χ1) is 35.9. The molecule has 0 aliphatic carbocycles. The molecule has 0 spiro atoms. The van der Waals surface area contributed by atoms with Gasteiger partial charge in [-0.1, -0.05) is 59.0 Å². The Hall–Kier alpha value is -2.89. The van der Waals surface area contributed by atoms with E-state index in [0.29, 0.717) is 49.3 Å². The van der Waals surface area contributed by atoms with E-state index in [2.05, 4.69) is 48.1 Å². The molecule has 3 aromatic rings. The molecule has 428 valence electrons. The molecule has 0 amide bonds. The number of aromatic nitrogens is 6. The average Bonchev–Trinajstić information content (AvgIpc) is 4.09. The third kappa shape index (κ3) is 13.3. The first kappa shape index (κ1) is 60.7. The smallest absolute Gasteiger partial charge is 0.311 e. The van der Waals surface area contributed by atoms with E-state index in [0.717, 1.165) is 0 Å². The summed E-state index contributed by atoms with van der Waals surface area (Å²) in [6, 6.07) is 5.76. The van der Waals surface area contributed by atoms with Crippen LogP contribution in [0.5, 0.6) is 0 Å². The maximum Gasteiger partial charge on any atom is 0.311 e. The lowest BCUT2D eigenvalue weighted by atomic mass is 9.82. The van der Waals surface area contributed by atoms with Crippen molar-refractivity contribution in [2.45, 2.75) is 207 Å². The lowest BCUT2D eigenvalue weighted by molar-refractivity contribution is -0.305. The third-order valence-corrected chi connectivity index (χ3v) is 18.0. The van der Waals surface area contributed by atoms with Crippen LogP contribution < -0.4 is 0 Å². The number of cyclic esters (lactones) is 1. The predicted molar refractivity (Wildman–Crippen MR) is 284 cm³/mol. The van der Waals surface area contributed by atoms with Crippen LogP contribution in [-0.4, -0.2) is 202 Å². The molecule has 4 N–H and O–H groups in total. The van der Waals surface area contributed by atoms with Gasteiger partial charge >= 0.3 is 5.97 Å². The highest BCUT2D eigenvalue weighted by molar-refractivity contribution is 14.1. The molecule has 0 saturated carbocycles. The molecule has 2 aromatic heterocycles. The highest BCUT2D eigenvalue weighted by atomic mass is 127. The predicted octanol–water partition coefficient (Wildman–Crippen LogP) is 4.81. The van der Waals surface area contributed by atoms with E-state index < -0.39 is 113 Å². The third-order valence-electron chi connectivity index (χ3n) is 16.6. The van der Waals surface area contributed by atoms with E-state index in [1.807, 2.05) is 58.8 Å². The topological polar surface area (TPSA) is 240 Å². The number of nitrogens with zero attached hydrogens (tertiary/aromatic N) is 8. The molecule has 76 heavy (non-hydrogen) atoms. The standard InChI is InChI=1S/C53H84FIN8O13/c1-14-40-53(9,68)46(64)32(5)61(11)26-29(2)23-52(8)48(43(55)44(31(4)49(66)73-40)74-42-24-51(7,70-13)47(65)33(6)72-42)75-41-22-37(21-30(3)71-41)60(10)20-19-35-27-63(58-56-35)39(25-54)45(69-12)34-15-17-36(18-16-34)62-28-38(57-59-62)50(67)76-52/h15-18,27-33,37,39-48,50,64-65,67-68H,14,19-26H2,1-13H3/t29-,30-,31-,32-,33+,37+,39-,40-,41+,42+,43+,44-,45-,46-,47+,48-,50?,51-,52-,53-/m1/s1. The van der Waals surface area contributed by atoms with Gasteiger partial charge in [0.05, 0.1) is 56.9 Å². The zero-order valence-electron chi connectivity index (χ0n) is 46.4. The summed E-state index contributed by atoms with van der Waals surface area (Å²) >= 11 is 2.24. The number of likely N-dealkylation sites (N-methyl/N-ethyl adjacent to an activating group) is 2. The van der Waals surface area contributed by atoms with Crippen LogP contribution in [0.3, 0.4) is 0 Å². The highest BCUT2D eigenvalue weighted by Crippen LogP contribution is 2.43. The second kappa shape index (κ2) is 25.3. The molecule has 0 radical (unpaired) electrons. The lowest BCUT2D eigenvalue weighted by Gasteiger charge is -2.49. The van der Waals surface area contributed by atoms with Gasteiger partial charge in [-0.15, -0.1) is 10.2 Å². The summed E-state index contributed by atoms with van der Waals surface area (Å²) in [5.41, 5.74) is -2.36. The summed E-state index contributed by atoms with van der Waals surface area (Å²) in [5, 5.41) is 65.2. The molecule has 8 bridgehead atoms. The normalized spacial score (nSPS) is 41.4. The van der Waals surface area contributed by atoms with Crippen molar-refractivity contribution < 1.29 is 67.5 Å². The van der Waals surface area contributed by atoms with E-state index in [1.54, 1.807) is 52.2 Å². The molecular formula is C53H84FIN8O13. The summed E-state index contributed by atoms with van der Waals surface area (Å²) < 4.78 is 69.6. The van der Waals surface area contributed by atoms with Gasteiger partial charge in [-0.2, -0.15) is 0 Å². The van der Waals surface area contributed by atoms with Crippen LogP contribution in [-0.2, 0) is 49.1 Å². The summed E-state index contributed by atoms with van der Waals surface area (Å²) in [4.78, 5) is 19.0. The number of alkyl halides is 2. The second-order valence-corrected chi connectivity index (χ2v) is 24.0. The highest BCUT2D eigenvalue weighted by Gasteiger charge is 2.54. The minimum absolute atomic E-state index is 0.0529. The average molecular weight is 1190 g/mol. The number of carbonyl (C=O) groups excluding carboxylic acids is 1. The molecule has 21 nitrogen and oxygen atoms in total.